The van der Waals surface area contributed by atoms with Crippen molar-refractivity contribution < 1.29 is 4.79 Å². The molecule has 0 bridgehead atoms. The van der Waals surface area contributed by atoms with Gasteiger partial charge in [-0.15, -0.1) is 0 Å². The van der Waals surface area contributed by atoms with E-state index in [-0.39, 0.29) is 5.91 Å². The van der Waals surface area contributed by atoms with E-state index in [1.54, 1.807) is 6.08 Å². The van der Waals surface area contributed by atoms with Crippen LogP contribution in [0.5, 0.6) is 0 Å². The fourth-order valence-electron chi connectivity index (χ4n) is 3.25. The molecule has 0 saturated carbocycles. The lowest BCUT2D eigenvalue weighted by Crippen LogP contribution is -2.14. The fraction of sp³-hybridized carbons (Fsp3) is 0.182. The van der Waals surface area contributed by atoms with Gasteiger partial charge >= 0.3 is 0 Å². The number of amides is 1. The third-order valence-corrected chi connectivity index (χ3v) is 5.57. The van der Waals surface area contributed by atoms with E-state index in [2.05, 4.69) is 37.4 Å². The molecule has 4 nitrogen and oxygen atoms in total. The predicted molar refractivity (Wildman–Crippen MR) is 112 cm³/mol. The van der Waals surface area contributed by atoms with Crippen molar-refractivity contribution in [2.24, 2.45) is 0 Å². The van der Waals surface area contributed by atoms with Crippen molar-refractivity contribution in [3.05, 3.63) is 82.6 Å². The number of nitrogens with zero attached hydrogens (tertiary/aromatic N) is 2. The van der Waals surface area contributed by atoms with E-state index in [4.69, 9.17) is 5.10 Å². The Morgan fingerprint density at radius 2 is 1.96 bits per heavy atom. The number of hydrogen-bond acceptors (Lipinski definition) is 3. The molecule has 136 valence electrons. The van der Waals surface area contributed by atoms with Gasteiger partial charge in [-0.25, -0.2) is 4.68 Å². The molecule has 4 rings (SSSR count). The number of carbonyl (C=O) groups excluding carboxylic acids is 1. The summed E-state index contributed by atoms with van der Waals surface area (Å²) in [6, 6.07) is 16.1. The number of benzene rings is 2. The summed E-state index contributed by atoms with van der Waals surface area (Å²) >= 11 is 1.83. The third-order valence-electron chi connectivity index (χ3n) is 4.60. The quantitative estimate of drug-likeness (QED) is 0.661. The molecule has 0 aliphatic carbocycles. The molecule has 0 fully saturated rings. The molecule has 0 spiro atoms. The Bertz CT molecular complexity index is 1020. The Morgan fingerprint density at radius 3 is 2.74 bits per heavy atom. The fourth-order valence-corrected chi connectivity index (χ4v) is 4.29. The van der Waals surface area contributed by atoms with Crippen molar-refractivity contribution in [3.63, 3.8) is 0 Å². The highest BCUT2D eigenvalue weighted by Crippen LogP contribution is 2.36. The van der Waals surface area contributed by atoms with E-state index < -0.39 is 0 Å². The van der Waals surface area contributed by atoms with Gasteiger partial charge in [0.15, 0.2) is 0 Å². The number of fused-ring (bicyclic) bond motifs is 1. The zero-order valence-corrected chi connectivity index (χ0v) is 16.2. The Morgan fingerprint density at radius 1 is 1.15 bits per heavy atom. The van der Waals surface area contributed by atoms with E-state index in [1.165, 1.54) is 5.56 Å². The van der Waals surface area contributed by atoms with Crippen LogP contribution in [-0.4, -0.2) is 15.7 Å². The molecule has 0 atom stereocenters. The van der Waals surface area contributed by atoms with Crippen molar-refractivity contribution >= 4 is 29.6 Å². The molecule has 3 aromatic rings. The first-order valence-corrected chi connectivity index (χ1v) is 10.1. The first kappa shape index (κ1) is 17.6. The highest BCUT2D eigenvalue weighted by Gasteiger charge is 2.24. The smallest absolute Gasteiger partial charge is 0.249 e. The lowest BCUT2D eigenvalue weighted by molar-refractivity contribution is -0.111. The van der Waals surface area contributed by atoms with Crippen LogP contribution in [0.1, 0.15) is 27.9 Å². The molecule has 1 aliphatic rings. The predicted octanol–water partition coefficient (Wildman–Crippen LogP) is 4.89. The maximum atomic E-state index is 12.6. The Kier molecular flexibility index (Phi) is 4.86. The van der Waals surface area contributed by atoms with E-state index in [9.17, 15) is 4.79 Å². The second-order valence-electron chi connectivity index (χ2n) is 6.70. The second kappa shape index (κ2) is 7.45. The molecule has 2 aromatic carbocycles. The lowest BCUT2D eigenvalue weighted by Gasteiger charge is -2.12. The number of aromatic nitrogens is 2. The van der Waals surface area contributed by atoms with Crippen LogP contribution in [-0.2, 0) is 16.3 Å². The minimum Gasteiger partial charge on any atom is -0.307 e. The van der Waals surface area contributed by atoms with Gasteiger partial charge in [-0.05, 0) is 37.1 Å². The van der Waals surface area contributed by atoms with E-state index in [1.807, 2.05) is 52.9 Å². The molecule has 1 N–H and O–H groups in total. The number of anilines is 1. The first-order chi connectivity index (χ1) is 13.1. The molecule has 0 unspecified atom stereocenters. The largest absolute Gasteiger partial charge is 0.307 e. The van der Waals surface area contributed by atoms with Crippen LogP contribution in [0.2, 0.25) is 0 Å². The van der Waals surface area contributed by atoms with Gasteiger partial charge < -0.3 is 5.32 Å². The summed E-state index contributed by atoms with van der Waals surface area (Å²) in [5, 5.41) is 7.84. The minimum atomic E-state index is -0.149. The van der Waals surface area contributed by atoms with Gasteiger partial charge in [0.2, 0.25) is 5.91 Å². The maximum Gasteiger partial charge on any atom is 0.249 e. The van der Waals surface area contributed by atoms with Gasteiger partial charge in [0, 0.05) is 23.1 Å². The standard InChI is InChI=1S/C22H21N3OS/c1-15-8-10-20(16(2)12-15)25-22(18-13-27-14-19(18)24-25)23-21(26)11-9-17-6-4-3-5-7-17/h3-12H,13-14H2,1-2H3,(H,23,26)/b11-9+. The molecule has 1 aliphatic heterocycles. The normalized spacial score (nSPS) is 13.1. The lowest BCUT2D eigenvalue weighted by atomic mass is 10.1. The third kappa shape index (κ3) is 3.69. The Labute approximate surface area is 163 Å². The Hall–Kier alpha value is -2.79. The number of rotatable bonds is 4. The molecule has 1 aromatic heterocycles. The number of aryl methyl sites for hydroxylation is 2. The van der Waals surface area contributed by atoms with Crippen molar-refractivity contribution in [1.82, 2.24) is 9.78 Å². The van der Waals surface area contributed by atoms with Gasteiger partial charge in [0.1, 0.15) is 5.82 Å². The highest BCUT2D eigenvalue weighted by atomic mass is 32.2. The summed E-state index contributed by atoms with van der Waals surface area (Å²) in [7, 11) is 0. The summed E-state index contributed by atoms with van der Waals surface area (Å²) in [5.41, 5.74) is 6.53. The summed E-state index contributed by atoms with van der Waals surface area (Å²) in [5.74, 6) is 2.39. The number of nitrogens with one attached hydrogen (secondary N) is 1. The Balaban J connectivity index is 1.66. The van der Waals surface area contributed by atoms with Crippen LogP contribution >= 0.6 is 11.8 Å². The average Bonchev–Trinajstić information content (AvgIpc) is 3.24. The molecule has 1 amide bonds. The van der Waals surface area contributed by atoms with Gasteiger partial charge in [0.25, 0.3) is 0 Å². The van der Waals surface area contributed by atoms with Crippen LogP contribution in [0, 0.1) is 13.8 Å². The molecule has 0 radical (unpaired) electrons. The molecular formula is C22H21N3OS. The molecule has 0 saturated heterocycles. The number of hydrogen-bond donors (Lipinski definition) is 1. The summed E-state index contributed by atoms with van der Waals surface area (Å²) in [4.78, 5) is 12.6. The summed E-state index contributed by atoms with van der Waals surface area (Å²) < 4.78 is 1.88. The minimum absolute atomic E-state index is 0.149. The number of thioether (sulfide) groups is 1. The highest BCUT2D eigenvalue weighted by molar-refractivity contribution is 7.98. The summed E-state index contributed by atoms with van der Waals surface area (Å²) in [6.45, 7) is 4.15. The van der Waals surface area contributed by atoms with E-state index in [0.717, 1.165) is 45.4 Å². The SMILES string of the molecule is Cc1ccc(-n2nc3c(c2NC(=O)/C=C/c2ccccc2)CSC3)c(C)c1. The molecule has 27 heavy (non-hydrogen) atoms. The van der Waals surface area contributed by atoms with Gasteiger partial charge in [0.05, 0.1) is 11.4 Å². The zero-order chi connectivity index (χ0) is 18.8. The van der Waals surface area contributed by atoms with Crippen molar-refractivity contribution in [2.45, 2.75) is 25.4 Å². The number of carbonyl (C=O) groups is 1. The van der Waals surface area contributed by atoms with Crippen molar-refractivity contribution in [2.75, 3.05) is 5.32 Å². The van der Waals surface area contributed by atoms with E-state index >= 15 is 0 Å². The van der Waals surface area contributed by atoms with Crippen LogP contribution < -0.4 is 5.32 Å². The summed E-state index contributed by atoms with van der Waals surface area (Å²) in [6.07, 6.45) is 3.39. The van der Waals surface area contributed by atoms with E-state index in [0.29, 0.717) is 0 Å². The van der Waals surface area contributed by atoms with Crippen LogP contribution in [0.15, 0.2) is 54.6 Å². The van der Waals surface area contributed by atoms with Crippen molar-refractivity contribution in [3.8, 4) is 5.69 Å². The first-order valence-electron chi connectivity index (χ1n) is 8.92. The van der Waals surface area contributed by atoms with Crippen LogP contribution in [0.25, 0.3) is 11.8 Å². The molecule has 2 heterocycles. The molecule has 5 heteroatoms. The van der Waals surface area contributed by atoms with Crippen LogP contribution in [0.4, 0.5) is 5.82 Å². The monoisotopic (exact) mass is 375 g/mol. The maximum absolute atomic E-state index is 12.6. The average molecular weight is 375 g/mol. The van der Waals surface area contributed by atoms with Gasteiger partial charge in [-0.2, -0.15) is 16.9 Å². The van der Waals surface area contributed by atoms with Crippen LogP contribution in [0.3, 0.4) is 0 Å². The van der Waals surface area contributed by atoms with Gasteiger partial charge in [-0.1, -0.05) is 48.0 Å². The second-order valence-corrected chi connectivity index (χ2v) is 7.69. The van der Waals surface area contributed by atoms with Gasteiger partial charge in [-0.3, -0.25) is 4.79 Å². The molecular weight excluding hydrogens is 354 g/mol. The van der Waals surface area contributed by atoms with Crippen molar-refractivity contribution in [1.29, 1.82) is 0 Å². The topological polar surface area (TPSA) is 46.9 Å². The zero-order valence-electron chi connectivity index (χ0n) is 15.4.